The fourth-order valence-electron chi connectivity index (χ4n) is 1.93. The lowest BCUT2D eigenvalue weighted by Crippen LogP contribution is -2.42. The fourth-order valence-corrected chi connectivity index (χ4v) is 2.91. The maximum Gasteiger partial charge on any atom is 0.350 e. The molecule has 1 N–H and O–H groups in total. The zero-order valence-electron chi connectivity index (χ0n) is 14.4. The number of aromatic nitrogens is 1. The Kier molecular flexibility index (Phi) is 6.02. The molecule has 2 aromatic rings. The molecule has 25 heavy (non-hydrogen) atoms. The first-order valence-corrected chi connectivity index (χ1v) is 8.83. The number of amides is 1. The van der Waals surface area contributed by atoms with Crippen molar-refractivity contribution in [2.45, 2.75) is 33.3 Å². The first kappa shape index (κ1) is 19.2. The highest BCUT2D eigenvalue weighted by Crippen LogP contribution is 2.26. The van der Waals surface area contributed by atoms with E-state index in [4.69, 9.17) is 21.1 Å². The van der Waals surface area contributed by atoms with E-state index in [0.717, 1.165) is 11.3 Å². The first-order chi connectivity index (χ1) is 11.7. The summed E-state index contributed by atoms with van der Waals surface area (Å²) < 4.78 is 10.7. The van der Waals surface area contributed by atoms with Crippen LogP contribution in [0.4, 0.5) is 5.13 Å². The molecule has 8 heteroatoms. The largest absolute Gasteiger partial charge is 0.478 e. The minimum absolute atomic E-state index is 0.278. The third-order valence-corrected chi connectivity index (χ3v) is 4.52. The van der Waals surface area contributed by atoms with E-state index in [2.05, 4.69) is 10.3 Å². The van der Waals surface area contributed by atoms with Crippen molar-refractivity contribution in [1.29, 1.82) is 0 Å². The molecule has 0 aliphatic rings. The van der Waals surface area contributed by atoms with Crippen molar-refractivity contribution in [3.8, 4) is 5.75 Å². The van der Waals surface area contributed by atoms with Gasteiger partial charge in [0.25, 0.3) is 5.91 Å². The number of esters is 1. The van der Waals surface area contributed by atoms with E-state index in [1.54, 1.807) is 52.0 Å². The van der Waals surface area contributed by atoms with Gasteiger partial charge in [-0.1, -0.05) is 22.9 Å². The van der Waals surface area contributed by atoms with Crippen LogP contribution >= 0.6 is 22.9 Å². The summed E-state index contributed by atoms with van der Waals surface area (Å²) in [5, 5.41) is 3.58. The minimum Gasteiger partial charge on any atom is -0.478 e. The number of nitrogens with one attached hydrogen (secondary N) is 1. The number of aryl methyl sites for hydroxylation is 1. The molecule has 0 saturated carbocycles. The van der Waals surface area contributed by atoms with E-state index in [9.17, 15) is 9.59 Å². The zero-order chi connectivity index (χ0) is 18.6. The van der Waals surface area contributed by atoms with Crippen LogP contribution in [0, 0.1) is 6.92 Å². The number of thiazole rings is 1. The Morgan fingerprint density at radius 2 is 1.92 bits per heavy atom. The number of carbonyl (C=O) groups excluding carboxylic acids is 2. The summed E-state index contributed by atoms with van der Waals surface area (Å²) in [6, 6.07) is 6.73. The van der Waals surface area contributed by atoms with Gasteiger partial charge in [-0.15, -0.1) is 0 Å². The number of nitrogens with zero attached hydrogens (tertiary/aromatic N) is 1. The Morgan fingerprint density at radius 3 is 2.52 bits per heavy atom. The number of hydrogen-bond acceptors (Lipinski definition) is 6. The molecule has 1 aromatic heterocycles. The number of benzene rings is 1. The molecular weight excluding hydrogens is 364 g/mol. The van der Waals surface area contributed by atoms with Gasteiger partial charge in [0.15, 0.2) is 10.7 Å². The van der Waals surface area contributed by atoms with Crippen LogP contribution in [0.25, 0.3) is 0 Å². The van der Waals surface area contributed by atoms with Crippen LogP contribution in [0.2, 0.25) is 5.02 Å². The fraction of sp³-hybridized carbons (Fsp3) is 0.353. The molecule has 1 amide bonds. The predicted octanol–water partition coefficient (Wildman–Crippen LogP) is 4.08. The number of carbonyl (C=O) groups is 2. The first-order valence-electron chi connectivity index (χ1n) is 7.63. The van der Waals surface area contributed by atoms with E-state index in [1.807, 2.05) is 0 Å². The third-order valence-electron chi connectivity index (χ3n) is 3.21. The number of ether oxygens (including phenoxy) is 2. The Morgan fingerprint density at radius 1 is 1.28 bits per heavy atom. The zero-order valence-corrected chi connectivity index (χ0v) is 16.0. The summed E-state index contributed by atoms with van der Waals surface area (Å²) >= 11 is 6.91. The summed E-state index contributed by atoms with van der Waals surface area (Å²) in [6.07, 6.45) is 0. The van der Waals surface area contributed by atoms with E-state index in [0.29, 0.717) is 26.5 Å². The minimum atomic E-state index is -1.14. The summed E-state index contributed by atoms with van der Waals surface area (Å²) in [5.41, 5.74) is -0.632. The van der Waals surface area contributed by atoms with Gasteiger partial charge in [-0.05, 0) is 52.0 Å². The van der Waals surface area contributed by atoms with Gasteiger partial charge < -0.3 is 9.47 Å². The van der Waals surface area contributed by atoms with E-state index >= 15 is 0 Å². The smallest absolute Gasteiger partial charge is 0.350 e. The van der Waals surface area contributed by atoms with Crippen molar-refractivity contribution in [2.75, 3.05) is 11.9 Å². The quantitative estimate of drug-likeness (QED) is 0.761. The number of anilines is 1. The van der Waals surface area contributed by atoms with Gasteiger partial charge in [0.05, 0.1) is 12.3 Å². The van der Waals surface area contributed by atoms with Crippen LogP contribution in [-0.4, -0.2) is 29.1 Å². The van der Waals surface area contributed by atoms with Crippen LogP contribution in [0.1, 0.15) is 36.1 Å². The molecule has 1 heterocycles. The monoisotopic (exact) mass is 382 g/mol. The van der Waals surface area contributed by atoms with Gasteiger partial charge in [-0.25, -0.2) is 9.78 Å². The van der Waals surface area contributed by atoms with Crippen molar-refractivity contribution in [1.82, 2.24) is 4.98 Å². The molecule has 1 aromatic carbocycles. The van der Waals surface area contributed by atoms with Crippen LogP contribution < -0.4 is 10.1 Å². The van der Waals surface area contributed by atoms with E-state index in [1.165, 1.54) is 0 Å². The van der Waals surface area contributed by atoms with Crippen molar-refractivity contribution in [3.63, 3.8) is 0 Å². The second-order valence-electron chi connectivity index (χ2n) is 5.67. The van der Waals surface area contributed by atoms with Gasteiger partial charge in [0.2, 0.25) is 0 Å². The van der Waals surface area contributed by atoms with Gasteiger partial charge in [-0.2, -0.15) is 0 Å². The Bertz CT molecular complexity index is 771. The molecule has 0 aliphatic heterocycles. The maximum atomic E-state index is 12.5. The molecule has 0 bridgehead atoms. The molecule has 0 atom stereocenters. The normalized spacial score (nSPS) is 11.1. The Labute approximate surface area is 155 Å². The lowest BCUT2D eigenvalue weighted by molar-refractivity contribution is -0.128. The van der Waals surface area contributed by atoms with Crippen molar-refractivity contribution in [3.05, 3.63) is 39.9 Å². The average molecular weight is 383 g/mol. The van der Waals surface area contributed by atoms with Crippen molar-refractivity contribution < 1.29 is 19.1 Å². The second kappa shape index (κ2) is 7.84. The molecule has 134 valence electrons. The summed E-state index contributed by atoms with van der Waals surface area (Å²) in [5.74, 6) is -0.312. The van der Waals surface area contributed by atoms with E-state index in [-0.39, 0.29) is 12.5 Å². The van der Waals surface area contributed by atoms with Crippen LogP contribution in [0.5, 0.6) is 5.75 Å². The molecule has 2 rings (SSSR count). The number of hydrogen-bond donors (Lipinski definition) is 1. The molecular formula is C17H19ClN2O4S. The van der Waals surface area contributed by atoms with Gasteiger partial charge in [0, 0.05) is 5.02 Å². The molecule has 0 spiro atoms. The number of rotatable bonds is 6. The summed E-state index contributed by atoms with van der Waals surface area (Å²) in [6.45, 7) is 6.98. The van der Waals surface area contributed by atoms with Crippen molar-refractivity contribution in [2.24, 2.45) is 0 Å². The van der Waals surface area contributed by atoms with Gasteiger partial charge >= 0.3 is 5.97 Å². The van der Waals surface area contributed by atoms with Crippen LogP contribution in [0.15, 0.2) is 24.3 Å². The molecule has 6 nitrogen and oxygen atoms in total. The molecule has 0 saturated heterocycles. The maximum absolute atomic E-state index is 12.5. The third kappa shape index (κ3) is 4.93. The van der Waals surface area contributed by atoms with E-state index < -0.39 is 11.6 Å². The lowest BCUT2D eigenvalue weighted by atomic mass is 10.1. The van der Waals surface area contributed by atoms with Crippen LogP contribution in [0.3, 0.4) is 0 Å². The highest BCUT2D eigenvalue weighted by atomic mass is 35.5. The highest BCUT2D eigenvalue weighted by molar-refractivity contribution is 7.17. The topological polar surface area (TPSA) is 77.5 Å². The molecule has 0 fully saturated rings. The predicted molar refractivity (Wildman–Crippen MR) is 97.6 cm³/mol. The van der Waals surface area contributed by atoms with Gasteiger partial charge in [-0.3, -0.25) is 10.1 Å². The Hall–Kier alpha value is -2.12. The standard InChI is InChI=1S/C17H19ClN2O4S/c1-5-23-14(21)13-10(2)19-16(25-13)20-15(22)17(3,4)24-12-8-6-11(18)7-9-12/h6-9H,5H2,1-4H3,(H,19,20,22). The average Bonchev–Trinajstić information content (AvgIpc) is 2.90. The molecule has 0 aliphatic carbocycles. The SMILES string of the molecule is CCOC(=O)c1sc(NC(=O)C(C)(C)Oc2ccc(Cl)cc2)nc1C. The van der Waals surface area contributed by atoms with Crippen LogP contribution in [-0.2, 0) is 9.53 Å². The summed E-state index contributed by atoms with van der Waals surface area (Å²) in [4.78, 5) is 28.9. The highest BCUT2D eigenvalue weighted by Gasteiger charge is 2.31. The Balaban J connectivity index is 2.08. The molecule has 0 unspecified atom stereocenters. The second-order valence-corrected chi connectivity index (χ2v) is 7.11. The lowest BCUT2D eigenvalue weighted by Gasteiger charge is -2.24. The van der Waals surface area contributed by atoms with Crippen molar-refractivity contribution >= 4 is 39.9 Å². The molecule has 0 radical (unpaired) electrons. The number of halogens is 1. The van der Waals surface area contributed by atoms with Gasteiger partial charge in [0.1, 0.15) is 10.6 Å². The summed E-state index contributed by atoms with van der Waals surface area (Å²) in [7, 11) is 0.